The summed E-state index contributed by atoms with van der Waals surface area (Å²) >= 11 is 7.39. The van der Waals surface area contributed by atoms with Crippen molar-refractivity contribution in [1.29, 1.82) is 0 Å². The number of rotatable bonds is 6. The first-order valence-electron chi connectivity index (χ1n) is 9.88. The number of hydrogen-bond acceptors (Lipinski definition) is 4. The van der Waals surface area contributed by atoms with Crippen LogP contribution in [0.3, 0.4) is 0 Å². The van der Waals surface area contributed by atoms with Crippen molar-refractivity contribution in [1.82, 2.24) is 0 Å². The van der Waals surface area contributed by atoms with E-state index in [-0.39, 0.29) is 51.1 Å². The number of amides is 2. The van der Waals surface area contributed by atoms with Crippen molar-refractivity contribution in [3.05, 3.63) is 29.8 Å². The summed E-state index contributed by atoms with van der Waals surface area (Å²) < 4.78 is 5.26. The maximum Gasteiger partial charge on any atom is 0.338 e. The van der Waals surface area contributed by atoms with Gasteiger partial charge in [-0.15, -0.1) is 0 Å². The maximum atomic E-state index is 13.0. The number of ether oxygens (including phenoxy) is 1. The molecule has 0 spiro atoms. The zero-order valence-corrected chi connectivity index (χ0v) is 18.8. The van der Waals surface area contributed by atoms with Gasteiger partial charge >= 0.3 is 5.97 Å². The molecule has 1 aromatic carbocycles. The smallest absolute Gasteiger partial charge is 0.338 e. The van der Waals surface area contributed by atoms with E-state index in [2.05, 4.69) is 38.8 Å². The molecule has 3 fully saturated rings. The molecule has 5 nitrogen and oxygen atoms in total. The van der Waals surface area contributed by atoms with Crippen molar-refractivity contribution in [2.45, 2.75) is 42.3 Å². The average molecular weight is 513 g/mol. The molecule has 0 aromatic heterocycles. The van der Waals surface area contributed by atoms with E-state index in [0.29, 0.717) is 17.9 Å². The fourth-order valence-electron chi connectivity index (χ4n) is 4.95. The Morgan fingerprint density at radius 3 is 2.14 bits per heavy atom. The first-order chi connectivity index (χ1) is 13.5. The lowest BCUT2D eigenvalue weighted by molar-refractivity contribution is -0.123. The first-order valence-corrected chi connectivity index (χ1v) is 11.7. The summed E-state index contributed by atoms with van der Waals surface area (Å²) in [4.78, 5) is 40.0. The van der Waals surface area contributed by atoms with Gasteiger partial charge < -0.3 is 4.74 Å². The number of anilines is 1. The van der Waals surface area contributed by atoms with Crippen molar-refractivity contribution in [3.8, 4) is 0 Å². The molecule has 2 saturated carbocycles. The Kier molecular flexibility index (Phi) is 5.67. The van der Waals surface area contributed by atoms with Crippen LogP contribution in [0, 0.1) is 23.7 Å². The quantitative estimate of drug-likeness (QED) is 0.246. The zero-order valence-electron chi connectivity index (χ0n) is 15.6. The summed E-state index contributed by atoms with van der Waals surface area (Å²) in [5.74, 6) is -0.683. The Balaban J connectivity index is 1.47. The Morgan fingerprint density at radius 1 is 1.04 bits per heavy atom. The molecule has 2 amide bonds. The van der Waals surface area contributed by atoms with Gasteiger partial charge in [-0.3, -0.25) is 14.5 Å². The molecule has 150 valence electrons. The summed E-state index contributed by atoms with van der Waals surface area (Å²) in [5.41, 5.74) is 0.962. The Labute approximate surface area is 181 Å². The van der Waals surface area contributed by atoms with Crippen LogP contribution in [-0.4, -0.2) is 34.0 Å². The molecule has 0 radical (unpaired) electrons. The van der Waals surface area contributed by atoms with Gasteiger partial charge in [0.1, 0.15) is 0 Å². The number of unbranched alkanes of at least 4 members (excludes halogenated alkanes) is 2. The van der Waals surface area contributed by atoms with Crippen LogP contribution in [0.15, 0.2) is 24.3 Å². The van der Waals surface area contributed by atoms with Crippen molar-refractivity contribution in [2.75, 3.05) is 11.5 Å². The minimum absolute atomic E-state index is 0.110. The third kappa shape index (κ3) is 3.15. The number of halogens is 2. The van der Waals surface area contributed by atoms with Crippen molar-refractivity contribution in [3.63, 3.8) is 0 Å². The summed E-state index contributed by atoms with van der Waals surface area (Å²) in [7, 11) is 0. The van der Waals surface area contributed by atoms with Crippen LogP contribution in [-0.2, 0) is 14.3 Å². The minimum atomic E-state index is -0.374. The summed E-state index contributed by atoms with van der Waals surface area (Å²) in [6.45, 7) is 2.50. The molecular formula is C21H23Br2NO4. The molecule has 1 heterocycles. The molecule has 1 aromatic rings. The van der Waals surface area contributed by atoms with Gasteiger partial charge in [0, 0.05) is 9.65 Å². The number of alkyl halides is 2. The molecule has 2 bridgehead atoms. The fourth-order valence-corrected chi connectivity index (χ4v) is 6.82. The van der Waals surface area contributed by atoms with Gasteiger partial charge in [-0.1, -0.05) is 51.6 Å². The second-order valence-electron chi connectivity index (χ2n) is 7.91. The standard InChI is InChI=1S/C21H23Br2NO4/c1-2-3-4-9-28-21(27)11-5-7-12(8-6-11)24-19(25)15-13-10-14(16(15)20(24)26)18(23)17(13)22/h5-8,13-18H,2-4,9-10H2,1H3/t13-,14+,15-,16-,17-,18+/m0/s1. The van der Waals surface area contributed by atoms with Crippen molar-refractivity contribution in [2.24, 2.45) is 23.7 Å². The molecule has 28 heavy (non-hydrogen) atoms. The highest BCUT2D eigenvalue weighted by molar-refractivity contribution is 9.12. The number of nitrogens with zero attached hydrogens (tertiary/aromatic N) is 1. The van der Waals surface area contributed by atoms with E-state index in [0.717, 1.165) is 25.7 Å². The molecule has 0 unspecified atom stereocenters. The highest BCUT2D eigenvalue weighted by atomic mass is 79.9. The van der Waals surface area contributed by atoms with E-state index in [1.165, 1.54) is 4.90 Å². The number of esters is 1. The second kappa shape index (κ2) is 7.90. The van der Waals surface area contributed by atoms with E-state index >= 15 is 0 Å². The number of benzene rings is 1. The largest absolute Gasteiger partial charge is 0.462 e. The minimum Gasteiger partial charge on any atom is -0.462 e. The number of carbonyl (C=O) groups excluding carboxylic acids is 3. The predicted molar refractivity (Wildman–Crippen MR) is 113 cm³/mol. The van der Waals surface area contributed by atoms with Crippen LogP contribution in [0.5, 0.6) is 0 Å². The lowest BCUT2D eigenvalue weighted by atomic mass is 9.81. The molecule has 7 heteroatoms. The van der Waals surface area contributed by atoms with Gasteiger partial charge in [0.25, 0.3) is 0 Å². The zero-order chi connectivity index (χ0) is 20.0. The van der Waals surface area contributed by atoms with E-state index in [1.54, 1.807) is 24.3 Å². The lowest BCUT2D eigenvalue weighted by Crippen LogP contribution is -2.37. The summed E-state index contributed by atoms with van der Waals surface area (Å²) in [5, 5.41) is 0. The topological polar surface area (TPSA) is 63.7 Å². The van der Waals surface area contributed by atoms with Crippen LogP contribution in [0.1, 0.15) is 43.0 Å². The Hall–Kier alpha value is -1.21. The first kappa shape index (κ1) is 20.1. The van der Waals surface area contributed by atoms with Crippen LogP contribution in [0.25, 0.3) is 0 Å². The van der Waals surface area contributed by atoms with Gasteiger partial charge in [0.15, 0.2) is 0 Å². The summed E-state index contributed by atoms with van der Waals surface area (Å²) in [6, 6.07) is 6.58. The highest BCUT2D eigenvalue weighted by Crippen LogP contribution is 2.60. The number of imide groups is 1. The Bertz CT molecular complexity index is 764. The van der Waals surface area contributed by atoms with Crippen LogP contribution in [0.2, 0.25) is 0 Å². The predicted octanol–water partition coefficient (Wildman–Crippen LogP) is 4.32. The fraction of sp³-hybridized carbons (Fsp3) is 0.571. The molecule has 4 rings (SSSR count). The number of hydrogen-bond donors (Lipinski definition) is 0. The normalized spacial score (nSPS) is 33.5. The third-order valence-electron chi connectivity index (χ3n) is 6.33. The second-order valence-corrected chi connectivity index (χ2v) is 10.0. The van der Waals surface area contributed by atoms with Crippen molar-refractivity contribution < 1.29 is 19.1 Å². The van der Waals surface area contributed by atoms with E-state index in [4.69, 9.17) is 4.74 Å². The van der Waals surface area contributed by atoms with Crippen LogP contribution >= 0.6 is 31.9 Å². The van der Waals surface area contributed by atoms with Crippen LogP contribution < -0.4 is 4.90 Å². The molecule has 1 aliphatic heterocycles. The molecule has 6 atom stereocenters. The van der Waals surface area contributed by atoms with Gasteiger partial charge in [-0.05, 0) is 48.9 Å². The number of fused-ring (bicyclic) bond motifs is 5. The Morgan fingerprint density at radius 2 is 1.61 bits per heavy atom. The number of carbonyl (C=O) groups is 3. The average Bonchev–Trinajstić information content (AvgIpc) is 3.30. The maximum absolute atomic E-state index is 13.0. The lowest BCUT2D eigenvalue weighted by Gasteiger charge is -2.28. The van der Waals surface area contributed by atoms with Gasteiger partial charge in [0.2, 0.25) is 11.8 Å². The molecule has 3 aliphatic rings. The van der Waals surface area contributed by atoms with Gasteiger partial charge in [-0.2, -0.15) is 0 Å². The SMILES string of the molecule is CCCCCOC(=O)c1ccc(N2C(=O)[C@H]3[C@@H]4C[C@@H]([C@@H](Br)[C@H]4Br)[C@@H]3C2=O)cc1. The highest BCUT2D eigenvalue weighted by Gasteiger charge is 2.66. The van der Waals surface area contributed by atoms with Gasteiger partial charge in [0.05, 0.1) is 29.7 Å². The molecule has 1 saturated heterocycles. The monoisotopic (exact) mass is 511 g/mol. The van der Waals surface area contributed by atoms with E-state index < -0.39 is 0 Å². The molecule has 2 aliphatic carbocycles. The summed E-state index contributed by atoms with van der Waals surface area (Å²) in [6.07, 6.45) is 3.86. The molecular weight excluding hydrogens is 490 g/mol. The van der Waals surface area contributed by atoms with Gasteiger partial charge in [-0.25, -0.2) is 4.79 Å². The third-order valence-corrected chi connectivity index (χ3v) is 9.54. The van der Waals surface area contributed by atoms with Crippen molar-refractivity contribution >= 4 is 55.3 Å². The molecule has 0 N–H and O–H groups in total. The van der Waals surface area contributed by atoms with E-state index in [9.17, 15) is 14.4 Å². The van der Waals surface area contributed by atoms with Crippen LogP contribution in [0.4, 0.5) is 5.69 Å². The van der Waals surface area contributed by atoms with E-state index in [1.807, 2.05) is 0 Å².